The van der Waals surface area contributed by atoms with Crippen LogP contribution in [-0.4, -0.2) is 50.6 Å². The van der Waals surface area contributed by atoms with Gasteiger partial charge in [-0.15, -0.1) is 0 Å². The van der Waals surface area contributed by atoms with E-state index in [2.05, 4.69) is 20.3 Å². The van der Waals surface area contributed by atoms with Gasteiger partial charge in [0.2, 0.25) is 0 Å². The lowest BCUT2D eigenvalue weighted by molar-refractivity contribution is -0.0323. The SMILES string of the molecule is CNc1ncnc2c1ncn2[C@H]1CC(F)[C@@H](CO)O1. The molecule has 1 aliphatic heterocycles. The van der Waals surface area contributed by atoms with Crippen LogP contribution in [0.4, 0.5) is 10.2 Å². The van der Waals surface area contributed by atoms with Crippen molar-refractivity contribution in [3.63, 3.8) is 0 Å². The van der Waals surface area contributed by atoms with E-state index in [1.165, 1.54) is 6.33 Å². The molecular weight excluding hydrogens is 253 g/mol. The van der Waals surface area contributed by atoms with Crippen LogP contribution in [0.5, 0.6) is 0 Å². The molecule has 2 aromatic heterocycles. The fraction of sp³-hybridized carbons (Fsp3) is 0.545. The topological polar surface area (TPSA) is 85.1 Å². The van der Waals surface area contributed by atoms with Gasteiger partial charge in [-0.1, -0.05) is 0 Å². The smallest absolute Gasteiger partial charge is 0.167 e. The molecule has 0 saturated carbocycles. The minimum atomic E-state index is -1.18. The fourth-order valence-electron chi connectivity index (χ4n) is 2.27. The maximum absolute atomic E-state index is 13.6. The molecular formula is C11H14FN5O2. The summed E-state index contributed by atoms with van der Waals surface area (Å²) in [5.41, 5.74) is 1.19. The second-order valence-electron chi connectivity index (χ2n) is 4.36. The van der Waals surface area contributed by atoms with Gasteiger partial charge in [0.1, 0.15) is 30.3 Å². The number of hydrogen-bond acceptors (Lipinski definition) is 6. The summed E-state index contributed by atoms with van der Waals surface area (Å²) in [6, 6.07) is 0. The molecule has 0 amide bonds. The standard InChI is InChI=1S/C11H14FN5O2/c1-13-10-9-11(15-4-14-10)17(5-16-9)8-2-6(12)7(3-18)19-8/h4-8,18H,2-3H2,1H3,(H,13,14,15)/t6?,7-,8-/m1/s1. The highest BCUT2D eigenvalue weighted by molar-refractivity contribution is 5.82. The van der Waals surface area contributed by atoms with E-state index in [9.17, 15) is 4.39 Å². The van der Waals surface area contributed by atoms with Crippen LogP contribution in [0.2, 0.25) is 0 Å². The number of alkyl halides is 1. The molecule has 7 nitrogen and oxygen atoms in total. The highest BCUT2D eigenvalue weighted by atomic mass is 19.1. The van der Waals surface area contributed by atoms with E-state index in [1.807, 2.05) is 0 Å². The van der Waals surface area contributed by atoms with Gasteiger partial charge in [-0.3, -0.25) is 4.57 Å². The fourth-order valence-corrected chi connectivity index (χ4v) is 2.27. The second-order valence-corrected chi connectivity index (χ2v) is 4.36. The summed E-state index contributed by atoms with van der Waals surface area (Å²) >= 11 is 0. The quantitative estimate of drug-likeness (QED) is 0.841. The number of halogens is 1. The molecule has 3 rings (SSSR count). The van der Waals surface area contributed by atoms with Crippen molar-refractivity contribution in [3.8, 4) is 0 Å². The number of rotatable bonds is 3. The monoisotopic (exact) mass is 267 g/mol. The Morgan fingerprint density at radius 1 is 1.53 bits per heavy atom. The van der Waals surface area contributed by atoms with Crippen molar-refractivity contribution in [2.75, 3.05) is 19.0 Å². The van der Waals surface area contributed by atoms with Gasteiger partial charge in [-0.2, -0.15) is 0 Å². The van der Waals surface area contributed by atoms with Crippen molar-refractivity contribution in [1.82, 2.24) is 19.5 Å². The molecule has 3 heterocycles. The summed E-state index contributed by atoms with van der Waals surface area (Å²) in [6.45, 7) is -0.332. The third-order valence-corrected chi connectivity index (χ3v) is 3.25. The van der Waals surface area contributed by atoms with E-state index in [4.69, 9.17) is 9.84 Å². The average molecular weight is 267 g/mol. The van der Waals surface area contributed by atoms with Crippen LogP contribution in [0.25, 0.3) is 11.2 Å². The normalized spacial score (nSPS) is 27.0. The number of anilines is 1. The number of hydrogen-bond donors (Lipinski definition) is 2. The Labute approximate surface area is 108 Å². The van der Waals surface area contributed by atoms with Crippen LogP contribution >= 0.6 is 0 Å². The zero-order valence-electron chi connectivity index (χ0n) is 10.3. The van der Waals surface area contributed by atoms with Gasteiger partial charge >= 0.3 is 0 Å². The lowest BCUT2D eigenvalue weighted by Crippen LogP contribution is -2.21. The van der Waals surface area contributed by atoms with Gasteiger partial charge in [-0.25, -0.2) is 19.3 Å². The summed E-state index contributed by atoms with van der Waals surface area (Å²) in [6.07, 6.45) is 0.674. The predicted octanol–water partition coefficient (Wildman–Crippen LogP) is 0.486. The van der Waals surface area contributed by atoms with Crippen LogP contribution in [0, 0.1) is 0 Å². The molecule has 102 valence electrons. The molecule has 3 atom stereocenters. The molecule has 0 aliphatic carbocycles. The van der Waals surface area contributed by atoms with Crippen LogP contribution in [0.1, 0.15) is 12.6 Å². The van der Waals surface area contributed by atoms with Gasteiger partial charge in [0, 0.05) is 13.5 Å². The summed E-state index contributed by atoms with van der Waals surface area (Å²) in [5.74, 6) is 0.609. The van der Waals surface area contributed by atoms with Gasteiger partial charge in [-0.05, 0) is 0 Å². The van der Waals surface area contributed by atoms with E-state index in [0.29, 0.717) is 17.0 Å². The largest absolute Gasteiger partial charge is 0.394 e. The molecule has 0 aromatic carbocycles. The number of aliphatic hydroxyl groups is 1. The Bertz CT molecular complexity index is 589. The Morgan fingerprint density at radius 3 is 3.05 bits per heavy atom. The number of fused-ring (bicyclic) bond motifs is 1. The zero-order valence-corrected chi connectivity index (χ0v) is 10.3. The predicted molar refractivity (Wildman–Crippen MR) is 65.4 cm³/mol. The van der Waals surface area contributed by atoms with Gasteiger partial charge in [0.05, 0.1) is 12.9 Å². The van der Waals surface area contributed by atoms with Crippen molar-refractivity contribution >= 4 is 17.0 Å². The minimum Gasteiger partial charge on any atom is -0.394 e. The first kappa shape index (κ1) is 12.2. The molecule has 1 unspecified atom stereocenters. The first-order chi connectivity index (χ1) is 9.24. The summed E-state index contributed by atoms with van der Waals surface area (Å²) in [5, 5.41) is 11.9. The van der Waals surface area contributed by atoms with Gasteiger partial charge in [0.15, 0.2) is 11.5 Å². The van der Waals surface area contributed by atoms with Gasteiger partial charge < -0.3 is 15.2 Å². The molecule has 1 aliphatic rings. The molecule has 8 heteroatoms. The number of nitrogens with one attached hydrogen (secondary N) is 1. The zero-order chi connectivity index (χ0) is 13.4. The van der Waals surface area contributed by atoms with E-state index in [0.717, 1.165) is 0 Å². The van der Waals surface area contributed by atoms with Crippen LogP contribution in [0.3, 0.4) is 0 Å². The van der Waals surface area contributed by atoms with Crippen molar-refractivity contribution < 1.29 is 14.2 Å². The molecule has 0 radical (unpaired) electrons. The minimum absolute atomic E-state index is 0.176. The Kier molecular flexibility index (Phi) is 3.03. The molecule has 2 aromatic rings. The highest BCUT2D eigenvalue weighted by Crippen LogP contribution is 2.32. The number of aliphatic hydroxyl groups excluding tert-OH is 1. The number of nitrogens with zero attached hydrogens (tertiary/aromatic N) is 4. The van der Waals surface area contributed by atoms with Crippen LogP contribution in [0.15, 0.2) is 12.7 Å². The Hall–Kier alpha value is -1.80. The van der Waals surface area contributed by atoms with Crippen molar-refractivity contribution in [2.24, 2.45) is 0 Å². The number of aromatic nitrogens is 4. The van der Waals surface area contributed by atoms with Crippen molar-refractivity contribution in [3.05, 3.63) is 12.7 Å². The first-order valence-electron chi connectivity index (χ1n) is 6.00. The molecule has 1 saturated heterocycles. The Morgan fingerprint density at radius 2 is 2.37 bits per heavy atom. The molecule has 0 spiro atoms. The number of imidazole rings is 1. The van der Waals surface area contributed by atoms with Crippen LogP contribution in [-0.2, 0) is 4.74 Å². The maximum Gasteiger partial charge on any atom is 0.167 e. The summed E-state index contributed by atoms with van der Waals surface area (Å²) < 4.78 is 20.7. The van der Waals surface area contributed by atoms with E-state index in [-0.39, 0.29) is 13.0 Å². The van der Waals surface area contributed by atoms with E-state index >= 15 is 0 Å². The van der Waals surface area contributed by atoms with Crippen molar-refractivity contribution in [1.29, 1.82) is 0 Å². The van der Waals surface area contributed by atoms with Crippen LogP contribution < -0.4 is 5.32 Å². The lowest BCUT2D eigenvalue weighted by atomic mass is 10.2. The Balaban J connectivity index is 1.98. The average Bonchev–Trinajstić information content (AvgIpc) is 3.01. The second kappa shape index (κ2) is 4.71. The molecule has 0 bridgehead atoms. The summed E-state index contributed by atoms with van der Waals surface area (Å²) in [4.78, 5) is 12.4. The van der Waals surface area contributed by atoms with E-state index < -0.39 is 18.5 Å². The third-order valence-electron chi connectivity index (χ3n) is 3.25. The van der Waals surface area contributed by atoms with Gasteiger partial charge in [0.25, 0.3) is 0 Å². The number of ether oxygens (including phenoxy) is 1. The lowest BCUT2D eigenvalue weighted by Gasteiger charge is -2.13. The third kappa shape index (κ3) is 1.92. The van der Waals surface area contributed by atoms with E-state index in [1.54, 1.807) is 17.9 Å². The van der Waals surface area contributed by atoms with Crippen molar-refractivity contribution in [2.45, 2.75) is 24.9 Å². The molecule has 2 N–H and O–H groups in total. The highest BCUT2D eigenvalue weighted by Gasteiger charge is 2.36. The molecule has 19 heavy (non-hydrogen) atoms. The first-order valence-corrected chi connectivity index (χ1v) is 6.00. The summed E-state index contributed by atoms with van der Waals surface area (Å²) in [7, 11) is 1.74. The maximum atomic E-state index is 13.6. The molecule has 1 fully saturated rings.